The lowest BCUT2D eigenvalue weighted by Gasteiger charge is -2.16. The lowest BCUT2D eigenvalue weighted by atomic mass is 10.1. The van der Waals surface area contributed by atoms with Gasteiger partial charge in [-0.1, -0.05) is 71.3 Å². The molecule has 1 aromatic rings. The average Bonchev–Trinajstić information content (AvgIpc) is 2.65. The number of ether oxygens (including phenoxy) is 2. The van der Waals surface area contributed by atoms with Crippen LogP contribution in [-0.2, 0) is 0 Å². The lowest BCUT2D eigenvalue weighted by molar-refractivity contribution is 0.280. The van der Waals surface area contributed by atoms with Gasteiger partial charge in [0.2, 0.25) is 0 Å². The van der Waals surface area contributed by atoms with Gasteiger partial charge in [0.15, 0.2) is 0 Å². The molecule has 0 heterocycles. The summed E-state index contributed by atoms with van der Waals surface area (Å²) in [4.78, 5) is 0. The highest BCUT2D eigenvalue weighted by Gasteiger charge is 2.09. The van der Waals surface area contributed by atoms with Gasteiger partial charge >= 0.3 is 0 Å². The fraction of sp³-hybridized carbons (Fsp3) is 0.630. The van der Waals surface area contributed by atoms with E-state index < -0.39 is 0 Å². The number of unbranched alkanes of at least 4 members (excludes halogenated alkanes) is 3. The predicted octanol–water partition coefficient (Wildman–Crippen LogP) is 8.38. The van der Waals surface area contributed by atoms with Crippen LogP contribution in [0.3, 0.4) is 0 Å². The third-order valence-corrected chi connectivity index (χ3v) is 5.01. The number of allylic oxidation sites excluding steroid dienone is 3. The first-order chi connectivity index (χ1) is 13.8. The molecular formula is C27H44O2. The molecule has 0 saturated heterocycles. The zero-order valence-electron chi connectivity index (χ0n) is 20.0. The van der Waals surface area contributed by atoms with Crippen molar-refractivity contribution in [1.29, 1.82) is 0 Å². The fourth-order valence-corrected chi connectivity index (χ4v) is 2.91. The molecule has 0 aromatic heterocycles. The maximum atomic E-state index is 6.15. The Balaban J connectivity index is 2.95. The first-order valence-corrected chi connectivity index (χ1v) is 11.6. The van der Waals surface area contributed by atoms with Crippen LogP contribution in [0.1, 0.15) is 91.2 Å². The lowest BCUT2D eigenvalue weighted by Crippen LogP contribution is -2.05. The van der Waals surface area contributed by atoms with Crippen LogP contribution in [0, 0.1) is 18.8 Å². The average molecular weight is 401 g/mol. The molecule has 0 unspecified atom stereocenters. The van der Waals surface area contributed by atoms with Crippen molar-refractivity contribution in [3.63, 3.8) is 0 Å². The van der Waals surface area contributed by atoms with Crippen LogP contribution in [0.15, 0.2) is 29.9 Å². The SMILES string of the molecule is CCCCC/C=C(C)\C=C\c1cc(OCCC(C)C)c(C)cc1OCCC(C)C. The predicted molar refractivity (Wildman–Crippen MR) is 128 cm³/mol. The zero-order valence-corrected chi connectivity index (χ0v) is 20.0. The summed E-state index contributed by atoms with van der Waals surface area (Å²) in [5, 5.41) is 0. The Morgan fingerprint density at radius 1 is 0.931 bits per heavy atom. The highest BCUT2D eigenvalue weighted by atomic mass is 16.5. The van der Waals surface area contributed by atoms with Crippen molar-refractivity contribution in [2.24, 2.45) is 11.8 Å². The fourth-order valence-electron chi connectivity index (χ4n) is 2.91. The molecule has 164 valence electrons. The first kappa shape index (κ1) is 25.3. The van der Waals surface area contributed by atoms with Gasteiger partial charge in [-0.15, -0.1) is 0 Å². The van der Waals surface area contributed by atoms with Gasteiger partial charge < -0.3 is 9.47 Å². The van der Waals surface area contributed by atoms with E-state index in [0.29, 0.717) is 11.8 Å². The highest BCUT2D eigenvalue weighted by molar-refractivity contribution is 5.63. The molecule has 0 fully saturated rings. The van der Waals surface area contributed by atoms with Crippen molar-refractivity contribution >= 4 is 6.08 Å². The smallest absolute Gasteiger partial charge is 0.127 e. The maximum absolute atomic E-state index is 6.15. The molecule has 1 aromatic carbocycles. The Labute approximate surface area is 180 Å². The van der Waals surface area contributed by atoms with E-state index in [4.69, 9.17) is 9.47 Å². The zero-order chi connectivity index (χ0) is 21.6. The summed E-state index contributed by atoms with van der Waals surface area (Å²) in [6, 6.07) is 4.27. The Bertz CT molecular complexity index is 638. The van der Waals surface area contributed by atoms with E-state index in [-0.39, 0.29) is 0 Å². The summed E-state index contributed by atoms with van der Waals surface area (Å²) in [6.45, 7) is 16.9. The van der Waals surface area contributed by atoms with E-state index in [9.17, 15) is 0 Å². The second-order valence-corrected chi connectivity index (χ2v) is 8.99. The summed E-state index contributed by atoms with van der Waals surface area (Å²) >= 11 is 0. The molecule has 0 saturated carbocycles. The summed E-state index contributed by atoms with van der Waals surface area (Å²) < 4.78 is 12.2. The van der Waals surface area contributed by atoms with Gasteiger partial charge in [0.1, 0.15) is 11.5 Å². The van der Waals surface area contributed by atoms with Gasteiger partial charge in [0.05, 0.1) is 13.2 Å². The number of hydrogen-bond acceptors (Lipinski definition) is 2. The molecule has 0 aliphatic heterocycles. The molecule has 0 radical (unpaired) electrons. The molecule has 2 heteroatoms. The van der Waals surface area contributed by atoms with E-state index in [1.165, 1.54) is 24.8 Å². The number of rotatable bonds is 14. The van der Waals surface area contributed by atoms with Crippen LogP contribution in [-0.4, -0.2) is 13.2 Å². The second kappa shape index (κ2) is 14.3. The van der Waals surface area contributed by atoms with Gasteiger partial charge in [-0.05, 0) is 69.1 Å². The Morgan fingerprint density at radius 3 is 2.14 bits per heavy atom. The van der Waals surface area contributed by atoms with Gasteiger partial charge in [-0.25, -0.2) is 0 Å². The molecule has 0 amide bonds. The van der Waals surface area contributed by atoms with Crippen molar-refractivity contribution in [2.75, 3.05) is 13.2 Å². The molecular weight excluding hydrogens is 356 g/mol. The third-order valence-electron chi connectivity index (χ3n) is 5.01. The summed E-state index contributed by atoms with van der Waals surface area (Å²) in [5.74, 6) is 3.20. The van der Waals surface area contributed by atoms with Crippen LogP contribution < -0.4 is 9.47 Å². The first-order valence-electron chi connectivity index (χ1n) is 11.6. The molecule has 0 aliphatic carbocycles. The largest absolute Gasteiger partial charge is 0.493 e. The van der Waals surface area contributed by atoms with Gasteiger partial charge in [-0.3, -0.25) is 0 Å². The molecule has 1 rings (SSSR count). The van der Waals surface area contributed by atoms with Gasteiger partial charge in [0, 0.05) is 5.56 Å². The number of benzene rings is 1. The molecule has 0 bridgehead atoms. The minimum Gasteiger partial charge on any atom is -0.493 e. The van der Waals surface area contributed by atoms with E-state index in [0.717, 1.165) is 55.1 Å². The molecule has 0 atom stereocenters. The van der Waals surface area contributed by atoms with Crippen LogP contribution in [0.2, 0.25) is 0 Å². The van der Waals surface area contributed by atoms with Crippen molar-refractivity contribution in [2.45, 2.75) is 87.0 Å². The van der Waals surface area contributed by atoms with Crippen molar-refractivity contribution in [3.05, 3.63) is 41.0 Å². The monoisotopic (exact) mass is 400 g/mol. The summed E-state index contributed by atoms with van der Waals surface area (Å²) in [5.41, 5.74) is 3.54. The summed E-state index contributed by atoms with van der Waals surface area (Å²) in [7, 11) is 0. The molecule has 0 aliphatic rings. The normalized spacial score (nSPS) is 12.4. The van der Waals surface area contributed by atoms with Crippen LogP contribution in [0.25, 0.3) is 6.08 Å². The summed E-state index contributed by atoms with van der Waals surface area (Å²) in [6.07, 6.45) is 13.8. The quantitative estimate of drug-likeness (QED) is 0.230. The number of hydrogen-bond donors (Lipinski definition) is 0. The van der Waals surface area contributed by atoms with Crippen molar-refractivity contribution in [1.82, 2.24) is 0 Å². The minimum atomic E-state index is 0.641. The third kappa shape index (κ3) is 11.2. The topological polar surface area (TPSA) is 18.5 Å². The Morgan fingerprint density at radius 2 is 1.55 bits per heavy atom. The van der Waals surface area contributed by atoms with Crippen LogP contribution >= 0.6 is 0 Å². The Hall–Kier alpha value is -1.70. The number of aryl methyl sites for hydroxylation is 1. The molecule has 29 heavy (non-hydrogen) atoms. The van der Waals surface area contributed by atoms with Crippen molar-refractivity contribution < 1.29 is 9.47 Å². The standard InChI is InChI=1S/C27H44O2/c1-8-9-10-11-12-23(6)13-14-25-20-26(28-17-15-21(2)3)24(7)19-27(25)29-18-16-22(4)5/h12-14,19-22H,8-11,15-18H2,1-7H3/b14-13+,23-12-. The van der Waals surface area contributed by atoms with Gasteiger partial charge in [-0.2, -0.15) is 0 Å². The molecule has 0 spiro atoms. The van der Waals surface area contributed by atoms with Crippen LogP contribution in [0.5, 0.6) is 11.5 Å². The minimum absolute atomic E-state index is 0.641. The van der Waals surface area contributed by atoms with E-state index >= 15 is 0 Å². The highest BCUT2D eigenvalue weighted by Crippen LogP contribution is 2.30. The van der Waals surface area contributed by atoms with Crippen LogP contribution in [0.4, 0.5) is 0 Å². The molecule has 0 N–H and O–H groups in total. The molecule has 2 nitrogen and oxygen atoms in total. The van der Waals surface area contributed by atoms with Gasteiger partial charge in [0.25, 0.3) is 0 Å². The van der Waals surface area contributed by atoms with E-state index in [2.05, 4.69) is 78.8 Å². The van der Waals surface area contributed by atoms with E-state index in [1.807, 2.05) is 0 Å². The van der Waals surface area contributed by atoms with Crippen molar-refractivity contribution in [3.8, 4) is 11.5 Å². The van der Waals surface area contributed by atoms with E-state index in [1.54, 1.807) is 0 Å². The Kier molecular flexibility index (Phi) is 12.5. The maximum Gasteiger partial charge on any atom is 0.127 e. The second-order valence-electron chi connectivity index (χ2n) is 8.99.